The van der Waals surface area contributed by atoms with Gasteiger partial charge in [-0.1, -0.05) is 11.6 Å². The quantitative estimate of drug-likeness (QED) is 0.885. The number of rotatable bonds is 5. The van der Waals surface area contributed by atoms with E-state index in [1.165, 1.54) is 11.3 Å². The number of thiophene rings is 1. The fourth-order valence-corrected chi connectivity index (χ4v) is 3.89. The van der Waals surface area contributed by atoms with Crippen LogP contribution in [0.2, 0.25) is 4.34 Å². The van der Waals surface area contributed by atoms with E-state index in [9.17, 15) is 4.79 Å². The van der Waals surface area contributed by atoms with Crippen LogP contribution < -0.4 is 5.32 Å². The average Bonchev–Trinajstić information content (AvgIpc) is 2.84. The molecule has 1 N–H and O–H groups in total. The number of halogens is 2. The molecule has 4 nitrogen and oxygen atoms in total. The van der Waals surface area contributed by atoms with E-state index in [2.05, 4.69) is 5.32 Å². The van der Waals surface area contributed by atoms with Crippen LogP contribution in [0.5, 0.6) is 0 Å². The zero-order valence-corrected chi connectivity index (χ0v) is 14.7. The van der Waals surface area contributed by atoms with Crippen LogP contribution in [0.4, 0.5) is 0 Å². The van der Waals surface area contributed by atoms with Gasteiger partial charge >= 0.3 is 0 Å². The molecule has 2 rings (SSSR count). The lowest BCUT2D eigenvalue weighted by Gasteiger charge is -2.38. The third-order valence-corrected chi connectivity index (χ3v) is 5.02. The van der Waals surface area contributed by atoms with Crippen molar-refractivity contribution in [2.75, 3.05) is 33.9 Å². The lowest BCUT2D eigenvalue weighted by Crippen LogP contribution is -2.50. The molecule has 1 saturated heterocycles. The molecule has 0 radical (unpaired) electrons. The predicted molar refractivity (Wildman–Crippen MR) is 89.5 cm³/mol. The van der Waals surface area contributed by atoms with E-state index < -0.39 is 0 Å². The molecule has 7 heteroatoms. The van der Waals surface area contributed by atoms with Gasteiger partial charge in [0.25, 0.3) is 0 Å². The zero-order valence-electron chi connectivity index (χ0n) is 12.4. The molecule has 0 aromatic carbocycles. The number of carbonyl (C=O) groups excluding carboxylic acids is 1. The first-order valence-corrected chi connectivity index (χ1v) is 7.96. The Bertz CT molecular complexity index is 456. The predicted octanol–water partition coefficient (Wildman–Crippen LogP) is 2.80. The summed E-state index contributed by atoms with van der Waals surface area (Å²) in [5, 5.41) is 3.30. The molecule has 1 aromatic rings. The Morgan fingerprint density at radius 2 is 2.14 bits per heavy atom. The van der Waals surface area contributed by atoms with Crippen molar-refractivity contribution < 1.29 is 9.53 Å². The summed E-state index contributed by atoms with van der Waals surface area (Å²) in [6.07, 6.45) is 1.66. The van der Waals surface area contributed by atoms with Gasteiger partial charge in [0.15, 0.2) is 0 Å². The van der Waals surface area contributed by atoms with Gasteiger partial charge in [0.05, 0.1) is 22.9 Å². The van der Waals surface area contributed by atoms with Crippen LogP contribution >= 0.6 is 35.3 Å². The molecule has 0 aliphatic carbocycles. The second kappa shape index (κ2) is 8.34. The molecule has 1 aliphatic rings. The summed E-state index contributed by atoms with van der Waals surface area (Å²) in [5.41, 5.74) is -0.379. The minimum atomic E-state index is -0.379. The summed E-state index contributed by atoms with van der Waals surface area (Å²) >= 11 is 7.46. The fourth-order valence-electron chi connectivity index (χ4n) is 2.75. The molecule has 1 fully saturated rings. The Morgan fingerprint density at radius 1 is 1.48 bits per heavy atom. The van der Waals surface area contributed by atoms with Crippen molar-refractivity contribution in [3.8, 4) is 0 Å². The maximum atomic E-state index is 12.8. The molecule has 1 aliphatic heterocycles. The summed E-state index contributed by atoms with van der Waals surface area (Å²) in [5.74, 6) is 0.172. The van der Waals surface area contributed by atoms with E-state index in [4.69, 9.17) is 16.3 Å². The molecule has 120 valence electrons. The van der Waals surface area contributed by atoms with Crippen LogP contribution in [0.15, 0.2) is 12.1 Å². The highest BCUT2D eigenvalue weighted by atomic mass is 35.5. The highest BCUT2D eigenvalue weighted by molar-refractivity contribution is 7.16. The van der Waals surface area contributed by atoms with Crippen LogP contribution in [-0.4, -0.2) is 44.7 Å². The molecule has 1 aromatic heterocycles. The smallest absolute Gasteiger partial charge is 0.231 e. The Hall–Kier alpha value is -0.330. The minimum Gasteiger partial charge on any atom is -0.384 e. The number of nitrogens with one attached hydrogen (secondary N) is 1. The van der Waals surface area contributed by atoms with Crippen molar-refractivity contribution in [2.24, 2.45) is 5.41 Å². The third-order valence-electron chi connectivity index (χ3n) is 3.80. The largest absolute Gasteiger partial charge is 0.384 e. The second-order valence-corrected chi connectivity index (χ2v) is 7.13. The SMILES string of the molecule is COCC1(C(=O)N(C)Cc2ccc(Cl)s2)CCNCC1.Cl. The number of hydrogen-bond donors (Lipinski definition) is 1. The van der Waals surface area contributed by atoms with Gasteiger partial charge in [0, 0.05) is 19.0 Å². The number of hydrogen-bond acceptors (Lipinski definition) is 4. The first-order chi connectivity index (χ1) is 9.57. The maximum absolute atomic E-state index is 12.8. The van der Waals surface area contributed by atoms with Gasteiger partial charge in [-0.05, 0) is 38.1 Å². The molecular formula is C14H22Cl2N2O2S. The van der Waals surface area contributed by atoms with Gasteiger partial charge in [-0.2, -0.15) is 0 Å². The highest BCUT2D eigenvalue weighted by Gasteiger charge is 2.41. The number of methoxy groups -OCH3 is 1. The van der Waals surface area contributed by atoms with Crippen LogP contribution in [0.1, 0.15) is 17.7 Å². The number of carbonyl (C=O) groups is 1. The van der Waals surface area contributed by atoms with Gasteiger partial charge in [-0.25, -0.2) is 0 Å². The number of nitrogens with zero attached hydrogens (tertiary/aromatic N) is 1. The minimum absolute atomic E-state index is 0. The number of piperidine rings is 1. The third kappa shape index (κ3) is 4.57. The maximum Gasteiger partial charge on any atom is 0.231 e. The van der Waals surface area contributed by atoms with Crippen molar-refractivity contribution in [3.63, 3.8) is 0 Å². The van der Waals surface area contributed by atoms with Gasteiger partial charge in [-0.15, -0.1) is 23.7 Å². The highest BCUT2D eigenvalue weighted by Crippen LogP contribution is 2.32. The normalized spacial score (nSPS) is 17.1. The molecular weight excluding hydrogens is 331 g/mol. The number of amides is 1. The first kappa shape index (κ1) is 18.7. The number of ether oxygens (including phenoxy) is 1. The van der Waals surface area contributed by atoms with E-state index in [-0.39, 0.29) is 23.7 Å². The Labute approximate surface area is 141 Å². The Kier molecular flexibility index (Phi) is 7.44. The second-order valence-electron chi connectivity index (χ2n) is 5.33. The molecule has 0 spiro atoms. The molecule has 1 amide bonds. The summed E-state index contributed by atoms with van der Waals surface area (Å²) in [6.45, 7) is 2.83. The Morgan fingerprint density at radius 3 is 2.67 bits per heavy atom. The van der Waals surface area contributed by atoms with Crippen molar-refractivity contribution in [1.82, 2.24) is 10.2 Å². The Balaban J connectivity index is 0.00000220. The summed E-state index contributed by atoms with van der Waals surface area (Å²) in [6, 6.07) is 3.84. The van der Waals surface area contributed by atoms with E-state index in [0.29, 0.717) is 13.2 Å². The molecule has 0 unspecified atom stereocenters. The van der Waals surface area contributed by atoms with Gasteiger partial charge in [0.2, 0.25) is 5.91 Å². The van der Waals surface area contributed by atoms with Crippen molar-refractivity contribution in [1.29, 1.82) is 0 Å². The van der Waals surface area contributed by atoms with Gasteiger partial charge < -0.3 is 15.0 Å². The molecule has 0 bridgehead atoms. The topological polar surface area (TPSA) is 41.6 Å². The van der Waals surface area contributed by atoms with Crippen molar-refractivity contribution in [2.45, 2.75) is 19.4 Å². The summed E-state index contributed by atoms with van der Waals surface area (Å²) < 4.78 is 6.08. The van der Waals surface area contributed by atoms with Crippen LogP contribution in [-0.2, 0) is 16.1 Å². The summed E-state index contributed by atoms with van der Waals surface area (Å²) in [4.78, 5) is 15.7. The zero-order chi connectivity index (χ0) is 14.6. The lowest BCUT2D eigenvalue weighted by molar-refractivity contribution is -0.146. The van der Waals surface area contributed by atoms with Crippen LogP contribution in [0.25, 0.3) is 0 Å². The molecule has 21 heavy (non-hydrogen) atoms. The molecule has 0 saturated carbocycles. The summed E-state index contributed by atoms with van der Waals surface area (Å²) in [7, 11) is 3.52. The van der Waals surface area contributed by atoms with Crippen LogP contribution in [0, 0.1) is 5.41 Å². The molecule has 2 heterocycles. The average molecular weight is 353 g/mol. The first-order valence-electron chi connectivity index (χ1n) is 6.77. The standard InChI is InChI=1S/C14H21ClN2O2S.ClH/c1-17(9-11-3-4-12(15)20-11)13(18)14(10-19-2)5-7-16-8-6-14;/h3-4,16H,5-10H2,1-2H3;1H. The molecule has 0 atom stereocenters. The van der Waals surface area contributed by atoms with Crippen molar-refractivity contribution in [3.05, 3.63) is 21.3 Å². The van der Waals surface area contributed by atoms with E-state index in [1.54, 1.807) is 12.0 Å². The van der Waals surface area contributed by atoms with Gasteiger partial charge in [0.1, 0.15) is 0 Å². The van der Waals surface area contributed by atoms with E-state index >= 15 is 0 Å². The fraction of sp³-hybridized carbons (Fsp3) is 0.643. The van der Waals surface area contributed by atoms with Crippen molar-refractivity contribution >= 4 is 41.3 Å². The van der Waals surface area contributed by atoms with Crippen LogP contribution in [0.3, 0.4) is 0 Å². The van der Waals surface area contributed by atoms with E-state index in [0.717, 1.165) is 35.1 Å². The lowest BCUT2D eigenvalue weighted by atomic mass is 9.78. The van der Waals surface area contributed by atoms with Gasteiger partial charge in [-0.3, -0.25) is 4.79 Å². The van der Waals surface area contributed by atoms with E-state index in [1.807, 2.05) is 19.2 Å². The monoisotopic (exact) mass is 352 g/mol.